The third-order valence-corrected chi connectivity index (χ3v) is 3.79. The van der Waals surface area contributed by atoms with E-state index in [9.17, 15) is 0 Å². The van der Waals surface area contributed by atoms with Crippen LogP contribution in [0.5, 0.6) is 5.88 Å². The van der Waals surface area contributed by atoms with Gasteiger partial charge < -0.3 is 4.74 Å². The number of fused-ring (bicyclic) bond motifs is 1. The lowest BCUT2D eigenvalue weighted by Crippen LogP contribution is -1.97. The van der Waals surface area contributed by atoms with Gasteiger partial charge in [0, 0.05) is 21.8 Å². The molecule has 100 valence electrons. The van der Waals surface area contributed by atoms with Gasteiger partial charge in [0.2, 0.25) is 5.88 Å². The smallest absolute Gasteiger partial charge is 0.217 e. The van der Waals surface area contributed by atoms with Crippen LogP contribution < -0.4 is 4.74 Å². The largest absolute Gasteiger partial charge is 0.481 e. The third kappa shape index (κ3) is 2.68. The SMILES string of the molecule is COc1nc2ccccc2cc1Cc1ccc(Br)cc1. The molecule has 0 N–H and O–H groups in total. The Kier molecular flexibility index (Phi) is 3.70. The first-order valence-corrected chi connectivity index (χ1v) is 7.22. The lowest BCUT2D eigenvalue weighted by Gasteiger charge is -2.09. The third-order valence-electron chi connectivity index (χ3n) is 3.26. The molecule has 0 saturated heterocycles. The number of hydrogen-bond donors (Lipinski definition) is 0. The van der Waals surface area contributed by atoms with E-state index < -0.39 is 0 Å². The number of methoxy groups -OCH3 is 1. The minimum Gasteiger partial charge on any atom is -0.481 e. The zero-order valence-corrected chi connectivity index (χ0v) is 12.7. The summed E-state index contributed by atoms with van der Waals surface area (Å²) in [5.41, 5.74) is 3.31. The number of para-hydroxylation sites is 1. The van der Waals surface area contributed by atoms with E-state index in [1.807, 2.05) is 18.2 Å². The summed E-state index contributed by atoms with van der Waals surface area (Å²) < 4.78 is 6.52. The van der Waals surface area contributed by atoms with Crippen molar-refractivity contribution in [2.45, 2.75) is 6.42 Å². The minimum absolute atomic E-state index is 0.701. The van der Waals surface area contributed by atoms with Crippen molar-refractivity contribution in [1.82, 2.24) is 4.98 Å². The van der Waals surface area contributed by atoms with Crippen molar-refractivity contribution in [1.29, 1.82) is 0 Å². The number of hydrogen-bond acceptors (Lipinski definition) is 2. The van der Waals surface area contributed by atoms with E-state index in [2.05, 4.69) is 57.3 Å². The molecule has 0 aliphatic heterocycles. The molecule has 2 aromatic carbocycles. The predicted octanol–water partition coefficient (Wildman–Crippen LogP) is 4.60. The second kappa shape index (κ2) is 5.63. The Labute approximate surface area is 126 Å². The van der Waals surface area contributed by atoms with Gasteiger partial charge in [-0.15, -0.1) is 0 Å². The van der Waals surface area contributed by atoms with Crippen LogP contribution in [0.3, 0.4) is 0 Å². The summed E-state index contributed by atoms with van der Waals surface area (Å²) in [7, 11) is 1.67. The van der Waals surface area contributed by atoms with Crippen LogP contribution in [0, 0.1) is 0 Å². The summed E-state index contributed by atoms with van der Waals surface area (Å²) in [6, 6.07) is 18.6. The number of ether oxygens (including phenoxy) is 1. The molecular formula is C17H14BrNO. The number of halogens is 1. The zero-order chi connectivity index (χ0) is 13.9. The number of rotatable bonds is 3. The summed E-state index contributed by atoms with van der Waals surface area (Å²) in [6.07, 6.45) is 0.814. The Hall–Kier alpha value is -1.87. The molecule has 0 aliphatic carbocycles. The van der Waals surface area contributed by atoms with Gasteiger partial charge in [-0.1, -0.05) is 46.3 Å². The first kappa shape index (κ1) is 13.1. The average Bonchev–Trinajstić information content (AvgIpc) is 2.49. The van der Waals surface area contributed by atoms with Crippen molar-refractivity contribution in [3.63, 3.8) is 0 Å². The van der Waals surface area contributed by atoms with Gasteiger partial charge >= 0.3 is 0 Å². The molecule has 3 aromatic rings. The number of pyridine rings is 1. The van der Waals surface area contributed by atoms with Gasteiger partial charge in [-0.25, -0.2) is 4.98 Å². The molecule has 2 nitrogen and oxygen atoms in total. The molecule has 0 unspecified atom stereocenters. The summed E-state index contributed by atoms with van der Waals surface area (Å²) in [5.74, 6) is 0.701. The molecule has 0 spiro atoms. The Morgan fingerprint density at radius 2 is 1.80 bits per heavy atom. The molecule has 3 rings (SSSR count). The normalized spacial score (nSPS) is 10.7. The molecule has 0 fully saturated rings. The number of aromatic nitrogens is 1. The molecule has 1 aromatic heterocycles. The van der Waals surface area contributed by atoms with Crippen LogP contribution >= 0.6 is 15.9 Å². The fourth-order valence-corrected chi connectivity index (χ4v) is 2.53. The molecule has 0 atom stereocenters. The van der Waals surface area contributed by atoms with E-state index in [4.69, 9.17) is 4.74 Å². The highest BCUT2D eigenvalue weighted by Gasteiger charge is 2.08. The maximum absolute atomic E-state index is 5.43. The molecule has 0 amide bonds. The van der Waals surface area contributed by atoms with Crippen LogP contribution in [0.15, 0.2) is 59.1 Å². The lowest BCUT2D eigenvalue weighted by atomic mass is 10.0. The lowest BCUT2D eigenvalue weighted by molar-refractivity contribution is 0.395. The highest BCUT2D eigenvalue weighted by molar-refractivity contribution is 9.10. The molecule has 0 bridgehead atoms. The topological polar surface area (TPSA) is 22.1 Å². The van der Waals surface area contributed by atoms with Crippen molar-refractivity contribution < 1.29 is 4.74 Å². The zero-order valence-electron chi connectivity index (χ0n) is 11.1. The fraction of sp³-hybridized carbons (Fsp3) is 0.118. The van der Waals surface area contributed by atoms with Crippen molar-refractivity contribution in [3.05, 3.63) is 70.2 Å². The molecule has 3 heteroatoms. The van der Waals surface area contributed by atoms with Gasteiger partial charge in [-0.05, 0) is 29.8 Å². The van der Waals surface area contributed by atoms with Gasteiger partial charge in [-0.3, -0.25) is 0 Å². The van der Waals surface area contributed by atoms with Crippen molar-refractivity contribution in [2.24, 2.45) is 0 Å². The van der Waals surface area contributed by atoms with E-state index >= 15 is 0 Å². The number of nitrogens with zero attached hydrogens (tertiary/aromatic N) is 1. The van der Waals surface area contributed by atoms with Gasteiger partial charge in [0.25, 0.3) is 0 Å². The van der Waals surface area contributed by atoms with E-state index in [0.29, 0.717) is 5.88 Å². The van der Waals surface area contributed by atoms with E-state index in [1.165, 1.54) is 5.56 Å². The molecular weight excluding hydrogens is 314 g/mol. The molecule has 20 heavy (non-hydrogen) atoms. The predicted molar refractivity (Wildman–Crippen MR) is 85.2 cm³/mol. The van der Waals surface area contributed by atoms with Gasteiger partial charge in [0.05, 0.1) is 12.6 Å². The summed E-state index contributed by atoms with van der Waals surface area (Å²) in [6.45, 7) is 0. The van der Waals surface area contributed by atoms with E-state index in [0.717, 1.165) is 27.4 Å². The van der Waals surface area contributed by atoms with Gasteiger partial charge in [0.15, 0.2) is 0 Å². The quantitative estimate of drug-likeness (QED) is 0.701. The maximum Gasteiger partial charge on any atom is 0.217 e. The van der Waals surface area contributed by atoms with Crippen LogP contribution in [0.4, 0.5) is 0 Å². The van der Waals surface area contributed by atoms with Crippen LogP contribution in [-0.2, 0) is 6.42 Å². The summed E-state index contributed by atoms with van der Waals surface area (Å²) >= 11 is 3.45. The second-order valence-corrected chi connectivity index (χ2v) is 5.57. The standard InChI is InChI=1S/C17H14BrNO/c1-20-17-14(10-12-6-8-15(18)9-7-12)11-13-4-2-3-5-16(13)19-17/h2-9,11H,10H2,1H3. The Morgan fingerprint density at radius 3 is 2.55 bits per heavy atom. The van der Waals surface area contributed by atoms with Crippen molar-refractivity contribution in [3.8, 4) is 5.88 Å². The maximum atomic E-state index is 5.43. The molecule has 0 aliphatic rings. The van der Waals surface area contributed by atoms with Gasteiger partial charge in [-0.2, -0.15) is 0 Å². The summed E-state index contributed by atoms with van der Waals surface area (Å²) in [4.78, 5) is 4.58. The van der Waals surface area contributed by atoms with Crippen molar-refractivity contribution >= 4 is 26.8 Å². The van der Waals surface area contributed by atoms with Crippen LogP contribution in [-0.4, -0.2) is 12.1 Å². The highest BCUT2D eigenvalue weighted by atomic mass is 79.9. The van der Waals surface area contributed by atoms with Gasteiger partial charge in [0.1, 0.15) is 0 Å². The van der Waals surface area contributed by atoms with E-state index in [1.54, 1.807) is 7.11 Å². The molecule has 1 heterocycles. The fourth-order valence-electron chi connectivity index (χ4n) is 2.27. The average molecular weight is 328 g/mol. The minimum atomic E-state index is 0.701. The van der Waals surface area contributed by atoms with Crippen LogP contribution in [0.1, 0.15) is 11.1 Å². The first-order chi connectivity index (χ1) is 9.76. The Morgan fingerprint density at radius 1 is 1.05 bits per heavy atom. The summed E-state index contributed by atoms with van der Waals surface area (Å²) in [5, 5.41) is 1.14. The highest BCUT2D eigenvalue weighted by Crippen LogP contribution is 2.25. The Bertz CT molecular complexity index is 738. The van der Waals surface area contributed by atoms with Crippen LogP contribution in [0.25, 0.3) is 10.9 Å². The molecule has 0 saturated carbocycles. The van der Waals surface area contributed by atoms with E-state index in [-0.39, 0.29) is 0 Å². The second-order valence-electron chi connectivity index (χ2n) is 4.65. The Balaban J connectivity index is 2.03. The monoisotopic (exact) mass is 327 g/mol. The first-order valence-electron chi connectivity index (χ1n) is 6.43. The van der Waals surface area contributed by atoms with Crippen molar-refractivity contribution in [2.75, 3.05) is 7.11 Å². The number of benzene rings is 2. The molecule has 0 radical (unpaired) electrons. The van der Waals surface area contributed by atoms with Crippen LogP contribution in [0.2, 0.25) is 0 Å².